The Labute approximate surface area is 140 Å². The number of aromatic nitrogens is 1. The van der Waals surface area contributed by atoms with Crippen molar-refractivity contribution in [1.82, 2.24) is 9.88 Å². The number of nitrogens with zero attached hydrogens (tertiary/aromatic N) is 2. The predicted molar refractivity (Wildman–Crippen MR) is 90.5 cm³/mol. The number of nitrogens with two attached hydrogens (primary N) is 1. The van der Waals surface area contributed by atoms with E-state index in [-0.39, 0.29) is 23.7 Å². The number of hydrogen-bond donors (Lipinski definition) is 2. The van der Waals surface area contributed by atoms with Gasteiger partial charge in [-0.2, -0.15) is 0 Å². The van der Waals surface area contributed by atoms with Gasteiger partial charge in [0.15, 0.2) is 0 Å². The summed E-state index contributed by atoms with van der Waals surface area (Å²) in [5.41, 5.74) is 7.47. The van der Waals surface area contributed by atoms with Crippen molar-refractivity contribution in [2.45, 2.75) is 20.0 Å². The van der Waals surface area contributed by atoms with Crippen molar-refractivity contribution in [1.29, 1.82) is 0 Å². The summed E-state index contributed by atoms with van der Waals surface area (Å²) in [5.74, 6) is -0.900. The number of benzene rings is 1. The second-order valence-electron chi connectivity index (χ2n) is 5.57. The number of likely N-dealkylation sites (N-methyl/N-ethyl adjacent to an activating group) is 1. The third-order valence-electron chi connectivity index (χ3n) is 3.79. The molecule has 126 valence electrons. The van der Waals surface area contributed by atoms with Crippen LogP contribution in [0.4, 0.5) is 0 Å². The standard InChI is InChI=1S/C18H21N3O3/c1-3-21(11-16(22)13-6-4-12(2)5-7-13)18(24)15-9-8-14(10-20-15)17(19)23/h4-10,16,22H,3,11H2,1-2H3,(H2,19,23). The van der Waals surface area contributed by atoms with Crippen LogP contribution in [0.25, 0.3) is 0 Å². The molecule has 0 spiro atoms. The summed E-state index contributed by atoms with van der Waals surface area (Å²) in [6, 6.07) is 10.5. The van der Waals surface area contributed by atoms with Gasteiger partial charge in [0.05, 0.1) is 18.2 Å². The number of aliphatic hydroxyl groups is 1. The number of aryl methyl sites for hydroxylation is 1. The minimum absolute atomic E-state index is 0.164. The van der Waals surface area contributed by atoms with Gasteiger partial charge in [0.1, 0.15) is 5.69 Å². The Morgan fingerprint density at radius 3 is 2.38 bits per heavy atom. The van der Waals surface area contributed by atoms with E-state index in [9.17, 15) is 14.7 Å². The number of amides is 2. The van der Waals surface area contributed by atoms with E-state index in [4.69, 9.17) is 5.73 Å². The Balaban J connectivity index is 2.10. The third-order valence-corrected chi connectivity index (χ3v) is 3.79. The molecule has 2 rings (SSSR count). The maximum Gasteiger partial charge on any atom is 0.272 e. The molecule has 3 N–H and O–H groups in total. The van der Waals surface area contributed by atoms with Gasteiger partial charge in [0.2, 0.25) is 5.91 Å². The van der Waals surface area contributed by atoms with Crippen LogP contribution in [0.5, 0.6) is 0 Å². The zero-order valence-corrected chi connectivity index (χ0v) is 13.8. The van der Waals surface area contributed by atoms with Gasteiger partial charge in [-0.05, 0) is 31.5 Å². The van der Waals surface area contributed by atoms with Crippen LogP contribution in [0.3, 0.4) is 0 Å². The number of primary amides is 1. The molecule has 6 nitrogen and oxygen atoms in total. The van der Waals surface area contributed by atoms with Gasteiger partial charge in [0, 0.05) is 12.7 Å². The van der Waals surface area contributed by atoms with Crippen LogP contribution in [0.1, 0.15) is 45.0 Å². The largest absolute Gasteiger partial charge is 0.387 e. The highest BCUT2D eigenvalue weighted by atomic mass is 16.3. The average molecular weight is 327 g/mol. The Bertz CT molecular complexity index is 711. The molecule has 2 aromatic rings. The number of hydrogen-bond acceptors (Lipinski definition) is 4. The van der Waals surface area contributed by atoms with Crippen LogP contribution in [0, 0.1) is 6.92 Å². The second kappa shape index (κ2) is 7.70. The highest BCUT2D eigenvalue weighted by Crippen LogP contribution is 2.16. The lowest BCUT2D eigenvalue weighted by molar-refractivity contribution is 0.0629. The quantitative estimate of drug-likeness (QED) is 0.843. The lowest BCUT2D eigenvalue weighted by Crippen LogP contribution is -2.35. The first-order valence-corrected chi connectivity index (χ1v) is 7.72. The first kappa shape index (κ1) is 17.6. The molecule has 1 atom stereocenters. The summed E-state index contributed by atoms with van der Waals surface area (Å²) >= 11 is 0. The van der Waals surface area contributed by atoms with Crippen molar-refractivity contribution < 1.29 is 14.7 Å². The Kier molecular flexibility index (Phi) is 5.65. The molecule has 0 radical (unpaired) electrons. The topological polar surface area (TPSA) is 96.5 Å². The van der Waals surface area contributed by atoms with Crippen molar-refractivity contribution in [3.63, 3.8) is 0 Å². The molecule has 0 fully saturated rings. The Hall–Kier alpha value is -2.73. The van der Waals surface area contributed by atoms with Gasteiger partial charge in [-0.15, -0.1) is 0 Å². The van der Waals surface area contributed by atoms with Gasteiger partial charge >= 0.3 is 0 Å². The predicted octanol–water partition coefficient (Wildman–Crippen LogP) is 1.68. The fourth-order valence-corrected chi connectivity index (χ4v) is 2.29. The monoisotopic (exact) mass is 327 g/mol. The third kappa shape index (κ3) is 4.17. The molecule has 6 heteroatoms. The van der Waals surface area contributed by atoms with Crippen molar-refractivity contribution >= 4 is 11.8 Å². The molecule has 0 saturated heterocycles. The van der Waals surface area contributed by atoms with Crippen LogP contribution in [-0.4, -0.2) is 39.9 Å². The molecule has 0 aliphatic rings. The van der Waals surface area contributed by atoms with E-state index in [0.717, 1.165) is 11.1 Å². The van der Waals surface area contributed by atoms with Gasteiger partial charge in [-0.3, -0.25) is 14.6 Å². The summed E-state index contributed by atoms with van der Waals surface area (Å²) in [7, 11) is 0. The van der Waals surface area contributed by atoms with Crippen LogP contribution in [0.15, 0.2) is 42.6 Å². The molecule has 2 amide bonds. The Morgan fingerprint density at radius 1 is 1.21 bits per heavy atom. The summed E-state index contributed by atoms with van der Waals surface area (Å²) in [6.07, 6.45) is 0.499. The molecule has 0 aliphatic heterocycles. The van der Waals surface area contributed by atoms with E-state index in [1.54, 1.807) is 0 Å². The fourth-order valence-electron chi connectivity index (χ4n) is 2.29. The van der Waals surface area contributed by atoms with E-state index in [2.05, 4.69) is 4.98 Å². The van der Waals surface area contributed by atoms with Gasteiger partial charge < -0.3 is 15.7 Å². The Morgan fingerprint density at radius 2 is 1.88 bits per heavy atom. The molecule has 0 saturated carbocycles. The maximum absolute atomic E-state index is 12.5. The van der Waals surface area contributed by atoms with Crippen molar-refractivity contribution in [2.24, 2.45) is 5.73 Å². The first-order valence-electron chi connectivity index (χ1n) is 7.72. The fraction of sp³-hybridized carbons (Fsp3) is 0.278. The van der Waals surface area contributed by atoms with Gasteiger partial charge in [0.25, 0.3) is 5.91 Å². The van der Waals surface area contributed by atoms with Gasteiger partial charge in [-0.1, -0.05) is 29.8 Å². The van der Waals surface area contributed by atoms with Crippen molar-refractivity contribution in [3.05, 3.63) is 65.0 Å². The molecular formula is C18H21N3O3. The summed E-state index contributed by atoms with van der Waals surface area (Å²) in [6.45, 7) is 4.40. The van der Waals surface area contributed by atoms with E-state index < -0.39 is 12.0 Å². The van der Waals surface area contributed by atoms with Gasteiger partial charge in [-0.25, -0.2) is 0 Å². The second-order valence-corrected chi connectivity index (χ2v) is 5.57. The van der Waals surface area contributed by atoms with E-state index in [1.807, 2.05) is 38.1 Å². The SMILES string of the molecule is CCN(CC(O)c1ccc(C)cc1)C(=O)c1ccc(C(N)=O)cn1. The molecule has 0 bridgehead atoms. The van der Waals surface area contributed by atoms with Crippen LogP contribution in [0.2, 0.25) is 0 Å². The zero-order chi connectivity index (χ0) is 17.7. The molecule has 1 heterocycles. The number of carbonyl (C=O) groups is 2. The molecule has 1 aromatic heterocycles. The van der Waals surface area contributed by atoms with E-state index in [0.29, 0.717) is 6.54 Å². The average Bonchev–Trinajstić information content (AvgIpc) is 2.59. The smallest absolute Gasteiger partial charge is 0.272 e. The normalized spacial score (nSPS) is 11.8. The van der Waals surface area contributed by atoms with E-state index in [1.165, 1.54) is 23.2 Å². The summed E-state index contributed by atoms with van der Waals surface area (Å²) in [4.78, 5) is 29.1. The molecule has 24 heavy (non-hydrogen) atoms. The van der Waals surface area contributed by atoms with Crippen LogP contribution in [-0.2, 0) is 0 Å². The minimum Gasteiger partial charge on any atom is -0.387 e. The number of carbonyl (C=O) groups excluding carboxylic acids is 2. The molecule has 1 unspecified atom stereocenters. The number of aliphatic hydroxyl groups excluding tert-OH is 1. The zero-order valence-electron chi connectivity index (χ0n) is 13.8. The van der Waals surface area contributed by atoms with Crippen LogP contribution >= 0.6 is 0 Å². The number of pyridine rings is 1. The van der Waals surface area contributed by atoms with Crippen LogP contribution < -0.4 is 5.73 Å². The van der Waals surface area contributed by atoms with Crippen molar-refractivity contribution in [3.8, 4) is 0 Å². The van der Waals surface area contributed by atoms with Crippen molar-refractivity contribution in [2.75, 3.05) is 13.1 Å². The molecule has 1 aromatic carbocycles. The lowest BCUT2D eigenvalue weighted by Gasteiger charge is -2.24. The minimum atomic E-state index is -0.778. The highest BCUT2D eigenvalue weighted by molar-refractivity contribution is 5.95. The summed E-state index contributed by atoms with van der Waals surface area (Å²) < 4.78 is 0. The highest BCUT2D eigenvalue weighted by Gasteiger charge is 2.20. The maximum atomic E-state index is 12.5. The molecule has 0 aliphatic carbocycles. The van der Waals surface area contributed by atoms with E-state index >= 15 is 0 Å². The number of rotatable bonds is 6. The molecular weight excluding hydrogens is 306 g/mol. The first-order chi connectivity index (χ1) is 11.4. The lowest BCUT2D eigenvalue weighted by atomic mass is 10.1. The summed E-state index contributed by atoms with van der Waals surface area (Å²) in [5, 5.41) is 10.4.